The zero-order chi connectivity index (χ0) is 11.4. The van der Waals surface area contributed by atoms with Crippen molar-refractivity contribution in [2.24, 2.45) is 0 Å². The van der Waals surface area contributed by atoms with Crippen LogP contribution in [0.25, 0.3) is 0 Å². The summed E-state index contributed by atoms with van der Waals surface area (Å²) >= 11 is 5.72. The lowest BCUT2D eigenvalue weighted by Crippen LogP contribution is -2.24. The Hall–Kier alpha value is -1.31. The summed E-state index contributed by atoms with van der Waals surface area (Å²) in [6.45, 7) is 2.70. The van der Waals surface area contributed by atoms with Crippen LogP contribution in [0, 0.1) is 11.3 Å². The SMILES string of the molecule is N#Cc1cc(OCN2CCCC2)cnc1Cl. The maximum absolute atomic E-state index is 8.78. The first-order valence-electron chi connectivity index (χ1n) is 5.20. The van der Waals surface area contributed by atoms with Gasteiger partial charge in [0, 0.05) is 19.2 Å². The lowest BCUT2D eigenvalue weighted by Gasteiger charge is -2.15. The second kappa shape index (κ2) is 5.15. The molecule has 0 bridgehead atoms. The van der Waals surface area contributed by atoms with Gasteiger partial charge in [0.2, 0.25) is 0 Å². The van der Waals surface area contributed by atoms with Crippen molar-refractivity contribution in [3.05, 3.63) is 23.0 Å². The number of nitrogens with zero attached hydrogens (tertiary/aromatic N) is 3. The predicted molar refractivity (Wildman–Crippen MR) is 60.3 cm³/mol. The molecule has 0 unspecified atom stereocenters. The fourth-order valence-corrected chi connectivity index (χ4v) is 1.81. The first kappa shape index (κ1) is 11.2. The van der Waals surface area contributed by atoms with E-state index in [9.17, 15) is 0 Å². The monoisotopic (exact) mass is 237 g/mol. The fraction of sp³-hybridized carbons (Fsp3) is 0.455. The molecule has 1 aliphatic rings. The van der Waals surface area contributed by atoms with Gasteiger partial charge in [0.05, 0.1) is 11.8 Å². The first-order valence-corrected chi connectivity index (χ1v) is 5.58. The van der Waals surface area contributed by atoms with Crippen LogP contribution in [0.2, 0.25) is 5.15 Å². The average Bonchev–Trinajstić information content (AvgIpc) is 2.81. The molecule has 0 aliphatic carbocycles. The molecule has 4 nitrogen and oxygen atoms in total. The van der Waals surface area contributed by atoms with Gasteiger partial charge < -0.3 is 4.74 Å². The molecule has 0 amide bonds. The zero-order valence-corrected chi connectivity index (χ0v) is 9.57. The highest BCUT2D eigenvalue weighted by Crippen LogP contribution is 2.18. The maximum atomic E-state index is 8.78. The van der Waals surface area contributed by atoms with Crippen molar-refractivity contribution >= 4 is 11.6 Å². The molecule has 2 heterocycles. The molecule has 5 heteroatoms. The summed E-state index contributed by atoms with van der Waals surface area (Å²) in [6.07, 6.45) is 4.00. The van der Waals surface area contributed by atoms with E-state index in [1.165, 1.54) is 12.8 Å². The molecule has 0 saturated carbocycles. The van der Waals surface area contributed by atoms with E-state index in [0.717, 1.165) is 13.1 Å². The van der Waals surface area contributed by atoms with Crippen LogP contribution in [0.15, 0.2) is 12.3 Å². The molecule has 84 valence electrons. The maximum Gasteiger partial charge on any atom is 0.147 e. The lowest BCUT2D eigenvalue weighted by molar-refractivity contribution is 0.151. The Kier molecular flexibility index (Phi) is 3.60. The number of aromatic nitrogens is 1. The Morgan fingerprint density at radius 1 is 1.50 bits per heavy atom. The minimum absolute atomic E-state index is 0.219. The molecule has 16 heavy (non-hydrogen) atoms. The lowest BCUT2D eigenvalue weighted by atomic mass is 10.3. The Bertz CT molecular complexity index is 410. The second-order valence-electron chi connectivity index (χ2n) is 3.72. The quantitative estimate of drug-likeness (QED) is 0.755. The summed E-state index contributed by atoms with van der Waals surface area (Å²) in [5, 5.41) is 9.00. The summed E-state index contributed by atoms with van der Waals surface area (Å²) in [5.41, 5.74) is 0.348. The summed E-state index contributed by atoms with van der Waals surface area (Å²) in [5.74, 6) is 0.591. The normalized spacial score (nSPS) is 16.0. The zero-order valence-electron chi connectivity index (χ0n) is 8.82. The van der Waals surface area contributed by atoms with E-state index >= 15 is 0 Å². The van der Waals surface area contributed by atoms with Crippen LogP contribution in [0.1, 0.15) is 18.4 Å². The van der Waals surface area contributed by atoms with Crippen LogP contribution >= 0.6 is 11.6 Å². The topological polar surface area (TPSA) is 49.1 Å². The number of rotatable bonds is 3. The van der Waals surface area contributed by atoms with E-state index in [4.69, 9.17) is 21.6 Å². The first-order chi connectivity index (χ1) is 7.79. The molecule has 1 aromatic heterocycles. The van der Waals surface area contributed by atoms with E-state index in [1.54, 1.807) is 12.3 Å². The number of likely N-dealkylation sites (tertiary alicyclic amines) is 1. The standard InChI is InChI=1S/C11H12ClN3O/c12-11-9(6-13)5-10(7-14-11)16-8-15-3-1-2-4-15/h5,7H,1-4,8H2. The summed E-state index contributed by atoms with van der Waals surface area (Å²) < 4.78 is 5.54. The van der Waals surface area contributed by atoms with Crippen molar-refractivity contribution in [1.82, 2.24) is 9.88 Å². The Morgan fingerprint density at radius 2 is 2.25 bits per heavy atom. The smallest absolute Gasteiger partial charge is 0.147 e. The van der Waals surface area contributed by atoms with Crippen molar-refractivity contribution in [3.8, 4) is 11.8 Å². The highest BCUT2D eigenvalue weighted by atomic mass is 35.5. The van der Waals surface area contributed by atoms with Gasteiger partial charge in [-0.2, -0.15) is 5.26 Å². The summed E-state index contributed by atoms with van der Waals surface area (Å²) in [4.78, 5) is 6.12. The van der Waals surface area contributed by atoms with Crippen LogP contribution in [-0.2, 0) is 0 Å². The fourth-order valence-electron chi connectivity index (χ4n) is 1.66. The molecule has 0 spiro atoms. The van der Waals surface area contributed by atoms with Gasteiger partial charge in [-0.15, -0.1) is 0 Å². The molecule has 0 radical (unpaired) electrons. The molecular formula is C11H12ClN3O. The van der Waals surface area contributed by atoms with Crippen molar-refractivity contribution in [2.75, 3.05) is 19.8 Å². The highest BCUT2D eigenvalue weighted by molar-refractivity contribution is 6.30. The molecule has 2 rings (SSSR count). The highest BCUT2D eigenvalue weighted by Gasteiger charge is 2.12. The molecule has 0 aromatic carbocycles. The number of nitriles is 1. The number of hydrogen-bond acceptors (Lipinski definition) is 4. The van der Waals surface area contributed by atoms with Crippen molar-refractivity contribution in [3.63, 3.8) is 0 Å². The minimum atomic E-state index is 0.219. The van der Waals surface area contributed by atoms with Gasteiger partial charge in [-0.05, 0) is 12.8 Å². The number of halogens is 1. The largest absolute Gasteiger partial charge is 0.476 e. The second-order valence-corrected chi connectivity index (χ2v) is 4.08. The minimum Gasteiger partial charge on any atom is -0.476 e. The number of ether oxygens (including phenoxy) is 1. The van der Waals surface area contributed by atoms with Gasteiger partial charge in [-0.3, -0.25) is 4.90 Å². The molecule has 1 saturated heterocycles. The van der Waals surface area contributed by atoms with Gasteiger partial charge in [0.25, 0.3) is 0 Å². The van der Waals surface area contributed by atoms with Gasteiger partial charge in [-0.25, -0.2) is 4.98 Å². The van der Waals surface area contributed by atoms with E-state index in [0.29, 0.717) is 18.0 Å². The van der Waals surface area contributed by atoms with E-state index in [-0.39, 0.29) is 5.15 Å². The summed E-state index contributed by atoms with van der Waals surface area (Å²) in [7, 11) is 0. The Morgan fingerprint density at radius 3 is 2.94 bits per heavy atom. The van der Waals surface area contributed by atoms with Gasteiger partial charge in [0.1, 0.15) is 23.7 Å². The third-order valence-corrected chi connectivity index (χ3v) is 2.85. The Labute approximate surface area is 99.4 Å². The Balaban J connectivity index is 1.96. The van der Waals surface area contributed by atoms with Crippen LogP contribution in [0.3, 0.4) is 0 Å². The van der Waals surface area contributed by atoms with Crippen LogP contribution in [0.5, 0.6) is 5.75 Å². The van der Waals surface area contributed by atoms with Gasteiger partial charge >= 0.3 is 0 Å². The molecule has 0 N–H and O–H groups in total. The van der Waals surface area contributed by atoms with Gasteiger partial charge in [0.15, 0.2) is 0 Å². The predicted octanol–water partition coefficient (Wildman–Crippen LogP) is 2.04. The number of hydrogen-bond donors (Lipinski definition) is 0. The third kappa shape index (κ3) is 2.63. The number of pyridine rings is 1. The van der Waals surface area contributed by atoms with Crippen LogP contribution in [-0.4, -0.2) is 29.7 Å². The molecule has 1 fully saturated rings. The van der Waals surface area contributed by atoms with Crippen LogP contribution < -0.4 is 4.74 Å². The third-order valence-electron chi connectivity index (χ3n) is 2.55. The van der Waals surface area contributed by atoms with Crippen molar-refractivity contribution in [2.45, 2.75) is 12.8 Å². The van der Waals surface area contributed by atoms with Crippen LogP contribution in [0.4, 0.5) is 0 Å². The molecule has 1 aliphatic heterocycles. The van der Waals surface area contributed by atoms with E-state index in [1.807, 2.05) is 6.07 Å². The summed E-state index contributed by atoms with van der Waals surface area (Å²) in [6, 6.07) is 3.59. The molecule has 0 atom stereocenters. The van der Waals surface area contributed by atoms with Crippen molar-refractivity contribution in [1.29, 1.82) is 5.26 Å². The average molecular weight is 238 g/mol. The van der Waals surface area contributed by atoms with Gasteiger partial charge in [-0.1, -0.05) is 11.6 Å². The van der Waals surface area contributed by atoms with Crippen molar-refractivity contribution < 1.29 is 4.74 Å². The van der Waals surface area contributed by atoms with E-state index < -0.39 is 0 Å². The van der Waals surface area contributed by atoms with E-state index in [2.05, 4.69) is 9.88 Å². The molecule has 1 aromatic rings. The molecular weight excluding hydrogens is 226 g/mol.